The standard InChI is InChI=1S/C16H9Cl2FN2O5S/c17-8-1-4-12(11(18)5-8)20-16(23)21-27(24,25)14-7-26-13-6-9(19)2-3-10(13)15(14)22/h1-7H,(H2,20,21,23). The maximum Gasteiger partial charge on any atom is 0.333 e. The molecule has 0 atom stereocenters. The van der Waals surface area contributed by atoms with Crippen LogP contribution >= 0.6 is 23.2 Å². The van der Waals surface area contributed by atoms with Crippen LogP contribution in [0.25, 0.3) is 11.0 Å². The van der Waals surface area contributed by atoms with Crippen LogP contribution in [0.5, 0.6) is 0 Å². The number of amides is 2. The van der Waals surface area contributed by atoms with E-state index in [1.54, 1.807) is 4.72 Å². The van der Waals surface area contributed by atoms with E-state index < -0.39 is 32.2 Å². The van der Waals surface area contributed by atoms with Gasteiger partial charge in [0.2, 0.25) is 5.43 Å². The van der Waals surface area contributed by atoms with Gasteiger partial charge in [-0.25, -0.2) is 22.3 Å². The summed E-state index contributed by atoms with van der Waals surface area (Å²) in [6.07, 6.45) is 0.634. The molecule has 140 valence electrons. The van der Waals surface area contributed by atoms with Crippen LogP contribution in [0.4, 0.5) is 14.9 Å². The number of hydrogen-bond donors (Lipinski definition) is 2. The Hall–Kier alpha value is -2.62. The number of hydrogen-bond acceptors (Lipinski definition) is 5. The maximum absolute atomic E-state index is 13.2. The highest BCUT2D eigenvalue weighted by molar-refractivity contribution is 7.90. The SMILES string of the molecule is O=C(Nc1ccc(Cl)cc1Cl)NS(=O)(=O)c1coc2cc(F)ccc2c1=O. The summed E-state index contributed by atoms with van der Waals surface area (Å²) in [6, 6.07) is 6.02. The molecular formula is C16H9Cl2FN2O5S. The van der Waals surface area contributed by atoms with Crippen molar-refractivity contribution >= 4 is 55.9 Å². The molecule has 7 nitrogen and oxygen atoms in total. The first kappa shape index (κ1) is 19.2. The van der Waals surface area contributed by atoms with Crippen molar-refractivity contribution in [3.8, 4) is 0 Å². The van der Waals surface area contributed by atoms with E-state index >= 15 is 0 Å². The number of carbonyl (C=O) groups is 1. The topological polar surface area (TPSA) is 105 Å². The molecule has 0 aliphatic heterocycles. The summed E-state index contributed by atoms with van der Waals surface area (Å²) < 4.78 is 44.5. The molecule has 0 aliphatic rings. The van der Waals surface area contributed by atoms with Crippen LogP contribution in [0.1, 0.15) is 0 Å². The number of anilines is 1. The fraction of sp³-hybridized carbons (Fsp3) is 0. The van der Waals surface area contributed by atoms with Gasteiger partial charge in [0.25, 0.3) is 10.0 Å². The summed E-state index contributed by atoms with van der Waals surface area (Å²) in [5.74, 6) is -0.654. The molecule has 1 heterocycles. The summed E-state index contributed by atoms with van der Waals surface area (Å²) in [5, 5.41) is 2.48. The lowest BCUT2D eigenvalue weighted by Crippen LogP contribution is -2.36. The normalized spacial score (nSPS) is 11.4. The second-order valence-corrected chi connectivity index (χ2v) is 7.75. The maximum atomic E-state index is 13.2. The Morgan fingerprint density at radius 1 is 1.11 bits per heavy atom. The van der Waals surface area contributed by atoms with E-state index in [1.165, 1.54) is 18.2 Å². The summed E-state index contributed by atoms with van der Waals surface area (Å²) in [4.78, 5) is 23.5. The van der Waals surface area contributed by atoms with Crippen LogP contribution in [-0.4, -0.2) is 14.4 Å². The highest BCUT2D eigenvalue weighted by Crippen LogP contribution is 2.25. The number of sulfonamides is 1. The van der Waals surface area contributed by atoms with E-state index in [1.807, 2.05) is 0 Å². The van der Waals surface area contributed by atoms with Crippen molar-refractivity contribution in [1.29, 1.82) is 0 Å². The largest absolute Gasteiger partial charge is 0.463 e. The summed E-state index contributed by atoms with van der Waals surface area (Å²) in [6.45, 7) is 0. The Kier molecular flexibility index (Phi) is 5.09. The molecule has 2 aromatic carbocycles. The quantitative estimate of drug-likeness (QED) is 0.657. The smallest absolute Gasteiger partial charge is 0.333 e. The molecule has 0 unspecified atom stereocenters. The predicted octanol–water partition coefficient (Wildman–Crippen LogP) is 3.75. The van der Waals surface area contributed by atoms with Gasteiger partial charge in [0, 0.05) is 11.1 Å². The zero-order valence-electron chi connectivity index (χ0n) is 13.1. The molecule has 0 radical (unpaired) electrons. The number of nitrogens with one attached hydrogen (secondary N) is 2. The molecule has 0 spiro atoms. The number of rotatable bonds is 3. The molecule has 0 saturated carbocycles. The third kappa shape index (κ3) is 4.05. The molecule has 3 aromatic rings. The third-order valence-electron chi connectivity index (χ3n) is 3.40. The summed E-state index contributed by atoms with van der Waals surface area (Å²) in [5.41, 5.74) is -0.966. The van der Waals surface area contributed by atoms with E-state index in [0.717, 1.165) is 18.2 Å². The van der Waals surface area contributed by atoms with Crippen LogP contribution < -0.4 is 15.5 Å². The molecule has 0 aliphatic carbocycles. The second-order valence-electron chi connectivity index (χ2n) is 5.25. The van der Waals surface area contributed by atoms with E-state index in [4.69, 9.17) is 27.6 Å². The van der Waals surface area contributed by atoms with E-state index in [2.05, 4.69) is 5.32 Å². The van der Waals surface area contributed by atoms with Crippen molar-refractivity contribution in [2.45, 2.75) is 4.90 Å². The Labute approximate surface area is 161 Å². The van der Waals surface area contributed by atoms with Gasteiger partial charge in [-0.15, -0.1) is 0 Å². The van der Waals surface area contributed by atoms with Gasteiger partial charge in [0.1, 0.15) is 17.7 Å². The average molecular weight is 431 g/mol. The van der Waals surface area contributed by atoms with Gasteiger partial charge in [0.05, 0.1) is 16.1 Å². The Balaban J connectivity index is 1.89. The van der Waals surface area contributed by atoms with E-state index in [9.17, 15) is 22.4 Å². The molecule has 0 saturated heterocycles. The molecule has 2 amide bonds. The molecule has 2 N–H and O–H groups in total. The van der Waals surface area contributed by atoms with Gasteiger partial charge in [-0.05, 0) is 30.3 Å². The highest BCUT2D eigenvalue weighted by Gasteiger charge is 2.24. The fourth-order valence-corrected chi connectivity index (χ4v) is 3.58. The van der Waals surface area contributed by atoms with Crippen LogP contribution in [0.2, 0.25) is 10.0 Å². The van der Waals surface area contributed by atoms with Crippen molar-refractivity contribution in [1.82, 2.24) is 4.72 Å². The second kappa shape index (κ2) is 7.18. The zero-order valence-corrected chi connectivity index (χ0v) is 15.5. The Morgan fingerprint density at radius 2 is 1.85 bits per heavy atom. The van der Waals surface area contributed by atoms with Crippen molar-refractivity contribution in [3.05, 3.63) is 68.7 Å². The molecule has 11 heteroatoms. The monoisotopic (exact) mass is 430 g/mol. The minimum absolute atomic E-state index is 0.0855. The lowest BCUT2D eigenvalue weighted by atomic mass is 10.2. The van der Waals surface area contributed by atoms with Gasteiger partial charge < -0.3 is 9.73 Å². The first-order chi connectivity index (χ1) is 12.7. The number of benzene rings is 2. The van der Waals surface area contributed by atoms with Gasteiger partial charge >= 0.3 is 6.03 Å². The third-order valence-corrected chi connectivity index (χ3v) is 5.26. The van der Waals surface area contributed by atoms with Crippen molar-refractivity contribution < 1.29 is 22.0 Å². The van der Waals surface area contributed by atoms with Crippen LogP contribution in [0.3, 0.4) is 0 Å². The van der Waals surface area contributed by atoms with Crippen LogP contribution in [-0.2, 0) is 10.0 Å². The molecule has 0 fully saturated rings. The number of halogens is 3. The zero-order chi connectivity index (χ0) is 19.8. The van der Waals surface area contributed by atoms with Gasteiger partial charge in [-0.3, -0.25) is 4.79 Å². The van der Waals surface area contributed by atoms with Gasteiger partial charge in [0.15, 0.2) is 4.90 Å². The molecule has 27 heavy (non-hydrogen) atoms. The minimum atomic E-state index is -4.56. The minimum Gasteiger partial charge on any atom is -0.463 e. The van der Waals surface area contributed by atoms with Gasteiger partial charge in [-0.2, -0.15) is 0 Å². The van der Waals surface area contributed by atoms with E-state index in [0.29, 0.717) is 11.3 Å². The number of carbonyl (C=O) groups excluding carboxylic acids is 1. The Bertz CT molecular complexity index is 1230. The van der Waals surface area contributed by atoms with Crippen LogP contribution in [0, 0.1) is 5.82 Å². The van der Waals surface area contributed by atoms with Crippen molar-refractivity contribution in [2.75, 3.05) is 5.32 Å². The Morgan fingerprint density at radius 3 is 2.56 bits per heavy atom. The predicted molar refractivity (Wildman–Crippen MR) is 98.2 cm³/mol. The fourth-order valence-electron chi connectivity index (χ4n) is 2.19. The molecule has 3 rings (SSSR count). The summed E-state index contributed by atoms with van der Waals surface area (Å²) >= 11 is 11.6. The van der Waals surface area contributed by atoms with Crippen molar-refractivity contribution in [2.24, 2.45) is 0 Å². The van der Waals surface area contributed by atoms with E-state index in [-0.39, 0.29) is 21.7 Å². The highest BCUT2D eigenvalue weighted by atomic mass is 35.5. The molecular weight excluding hydrogens is 422 g/mol. The molecule has 0 bridgehead atoms. The molecule has 1 aromatic heterocycles. The summed E-state index contributed by atoms with van der Waals surface area (Å²) in [7, 11) is -4.56. The first-order valence-corrected chi connectivity index (χ1v) is 9.41. The van der Waals surface area contributed by atoms with Gasteiger partial charge in [-0.1, -0.05) is 23.2 Å². The lowest BCUT2D eigenvalue weighted by molar-refractivity contribution is 0.256. The van der Waals surface area contributed by atoms with Crippen molar-refractivity contribution in [3.63, 3.8) is 0 Å². The lowest BCUT2D eigenvalue weighted by Gasteiger charge is -2.10. The number of fused-ring (bicyclic) bond motifs is 1. The number of urea groups is 1. The van der Waals surface area contributed by atoms with Crippen LogP contribution in [0.15, 0.2) is 56.8 Å². The first-order valence-electron chi connectivity index (χ1n) is 7.17. The average Bonchev–Trinajstić information content (AvgIpc) is 2.56.